The first-order valence-electron chi connectivity index (χ1n) is 5.78. The van der Waals surface area contributed by atoms with Crippen molar-refractivity contribution in [2.45, 2.75) is 32.3 Å². The van der Waals surface area contributed by atoms with E-state index < -0.39 is 0 Å². The fourth-order valence-corrected chi connectivity index (χ4v) is 1.76. The lowest BCUT2D eigenvalue weighted by atomic mass is 10.1. The van der Waals surface area contributed by atoms with Gasteiger partial charge in [0, 0.05) is 25.6 Å². The molecule has 1 aliphatic rings. The third-order valence-electron chi connectivity index (χ3n) is 2.74. The van der Waals surface area contributed by atoms with E-state index >= 15 is 0 Å². The van der Waals surface area contributed by atoms with Gasteiger partial charge in [0.05, 0.1) is 6.10 Å². The molecule has 2 N–H and O–H groups in total. The second kappa shape index (κ2) is 8.79. The Hall–Kier alpha value is -0.320. The molecule has 0 aromatic carbocycles. The molecule has 0 aromatic rings. The van der Waals surface area contributed by atoms with Crippen LogP contribution in [0.2, 0.25) is 0 Å². The van der Waals surface area contributed by atoms with Gasteiger partial charge in [0.25, 0.3) is 0 Å². The summed E-state index contributed by atoms with van der Waals surface area (Å²) in [5.74, 6) is 0.136. The van der Waals surface area contributed by atoms with Gasteiger partial charge < -0.3 is 15.4 Å². The van der Waals surface area contributed by atoms with Crippen molar-refractivity contribution < 1.29 is 9.53 Å². The molecule has 1 saturated heterocycles. The summed E-state index contributed by atoms with van der Waals surface area (Å²) in [5, 5.41) is 5.93. The Bertz CT molecular complexity index is 196. The van der Waals surface area contributed by atoms with Crippen LogP contribution in [0, 0.1) is 5.92 Å². The number of ether oxygens (including phenoxy) is 1. The Morgan fingerprint density at radius 3 is 2.81 bits per heavy atom. The number of carbonyl (C=O) groups excluding carboxylic acids is 1. The molecule has 0 aromatic heterocycles. The summed E-state index contributed by atoms with van der Waals surface area (Å²) in [6, 6.07) is 0. The number of hydrogen-bond donors (Lipinski definition) is 2. The monoisotopic (exact) mass is 250 g/mol. The first kappa shape index (κ1) is 15.7. The Morgan fingerprint density at radius 2 is 2.25 bits per heavy atom. The molecule has 1 aliphatic heterocycles. The quantitative estimate of drug-likeness (QED) is 0.764. The van der Waals surface area contributed by atoms with Crippen molar-refractivity contribution >= 4 is 18.3 Å². The highest BCUT2D eigenvalue weighted by Gasteiger charge is 2.16. The van der Waals surface area contributed by atoms with Gasteiger partial charge in [-0.25, -0.2) is 0 Å². The van der Waals surface area contributed by atoms with Crippen LogP contribution in [0.4, 0.5) is 0 Å². The Balaban J connectivity index is 0.00000225. The molecule has 1 heterocycles. The lowest BCUT2D eigenvalue weighted by Crippen LogP contribution is -2.40. The molecule has 4 nitrogen and oxygen atoms in total. The number of halogens is 1. The van der Waals surface area contributed by atoms with E-state index in [1.165, 1.54) is 6.42 Å². The van der Waals surface area contributed by atoms with Gasteiger partial charge in [-0.3, -0.25) is 4.79 Å². The molecule has 0 aliphatic carbocycles. The largest absolute Gasteiger partial charge is 0.376 e. The van der Waals surface area contributed by atoms with Crippen LogP contribution in [-0.2, 0) is 9.53 Å². The van der Waals surface area contributed by atoms with Crippen LogP contribution in [0.1, 0.15) is 26.2 Å². The highest BCUT2D eigenvalue weighted by Crippen LogP contribution is 2.11. The van der Waals surface area contributed by atoms with Gasteiger partial charge in [-0.1, -0.05) is 6.92 Å². The van der Waals surface area contributed by atoms with E-state index in [2.05, 4.69) is 10.6 Å². The molecule has 0 saturated carbocycles. The van der Waals surface area contributed by atoms with Crippen molar-refractivity contribution in [1.29, 1.82) is 0 Å². The lowest BCUT2D eigenvalue weighted by Gasteiger charge is -2.23. The van der Waals surface area contributed by atoms with E-state index in [1.807, 2.05) is 14.0 Å². The fourth-order valence-electron chi connectivity index (χ4n) is 1.76. The molecule has 0 radical (unpaired) electrons. The highest BCUT2D eigenvalue weighted by atomic mass is 35.5. The van der Waals surface area contributed by atoms with Gasteiger partial charge in [-0.2, -0.15) is 0 Å². The summed E-state index contributed by atoms with van der Waals surface area (Å²) < 4.78 is 5.54. The van der Waals surface area contributed by atoms with Crippen LogP contribution < -0.4 is 10.6 Å². The van der Waals surface area contributed by atoms with Crippen molar-refractivity contribution in [1.82, 2.24) is 10.6 Å². The molecule has 5 heteroatoms. The molecule has 96 valence electrons. The molecule has 0 bridgehead atoms. The standard InChI is InChI=1S/C11H22N2O2.ClH/c1-9(7-12-2)11(14)13-8-10-5-3-4-6-15-10;/h9-10,12H,3-8H2,1-2H3,(H,13,14);1H. The Labute approximate surface area is 104 Å². The molecular weight excluding hydrogens is 228 g/mol. The zero-order valence-electron chi connectivity index (χ0n) is 10.1. The summed E-state index contributed by atoms with van der Waals surface area (Å²) in [4.78, 5) is 11.6. The van der Waals surface area contributed by atoms with Gasteiger partial charge in [0.2, 0.25) is 5.91 Å². The lowest BCUT2D eigenvalue weighted by molar-refractivity contribution is -0.125. The Morgan fingerprint density at radius 1 is 1.50 bits per heavy atom. The van der Waals surface area contributed by atoms with Crippen molar-refractivity contribution in [3.63, 3.8) is 0 Å². The average Bonchev–Trinajstić information content (AvgIpc) is 2.27. The van der Waals surface area contributed by atoms with E-state index in [9.17, 15) is 4.79 Å². The third kappa shape index (κ3) is 5.68. The number of carbonyl (C=O) groups is 1. The zero-order chi connectivity index (χ0) is 11.1. The molecule has 1 amide bonds. The number of hydrogen-bond acceptors (Lipinski definition) is 3. The molecule has 0 spiro atoms. The highest BCUT2D eigenvalue weighted by molar-refractivity contribution is 5.85. The van der Waals surface area contributed by atoms with E-state index in [1.54, 1.807) is 0 Å². The number of nitrogens with one attached hydrogen (secondary N) is 2. The van der Waals surface area contributed by atoms with Crippen molar-refractivity contribution in [2.75, 3.05) is 26.7 Å². The van der Waals surface area contributed by atoms with E-state index in [0.717, 1.165) is 26.0 Å². The van der Waals surface area contributed by atoms with E-state index in [0.29, 0.717) is 6.54 Å². The van der Waals surface area contributed by atoms with E-state index in [-0.39, 0.29) is 30.3 Å². The molecule has 1 fully saturated rings. The second-order valence-corrected chi connectivity index (χ2v) is 4.19. The topological polar surface area (TPSA) is 50.4 Å². The summed E-state index contributed by atoms with van der Waals surface area (Å²) in [6.45, 7) is 4.14. The Kier molecular flexibility index (Phi) is 8.61. The summed E-state index contributed by atoms with van der Waals surface area (Å²) in [6.07, 6.45) is 3.66. The van der Waals surface area contributed by atoms with Crippen LogP contribution in [0.3, 0.4) is 0 Å². The minimum absolute atomic E-state index is 0. The first-order chi connectivity index (χ1) is 7.24. The van der Waals surface area contributed by atoms with Gasteiger partial charge in [0.15, 0.2) is 0 Å². The number of rotatable bonds is 5. The maximum atomic E-state index is 11.6. The van der Waals surface area contributed by atoms with Crippen LogP contribution in [0.15, 0.2) is 0 Å². The molecular formula is C11H23ClN2O2. The maximum absolute atomic E-state index is 11.6. The zero-order valence-corrected chi connectivity index (χ0v) is 10.9. The SMILES string of the molecule is CNCC(C)C(=O)NCC1CCCCO1.Cl. The van der Waals surface area contributed by atoms with Crippen molar-refractivity contribution in [3.05, 3.63) is 0 Å². The minimum Gasteiger partial charge on any atom is -0.376 e. The van der Waals surface area contributed by atoms with Gasteiger partial charge in [0.1, 0.15) is 0 Å². The minimum atomic E-state index is 0. The van der Waals surface area contributed by atoms with Crippen LogP contribution in [0.25, 0.3) is 0 Å². The van der Waals surface area contributed by atoms with E-state index in [4.69, 9.17) is 4.74 Å². The summed E-state index contributed by atoms with van der Waals surface area (Å²) in [7, 11) is 1.86. The van der Waals surface area contributed by atoms with Gasteiger partial charge in [-0.05, 0) is 26.3 Å². The van der Waals surface area contributed by atoms with Crippen molar-refractivity contribution in [2.24, 2.45) is 5.92 Å². The van der Waals surface area contributed by atoms with Gasteiger partial charge in [-0.15, -0.1) is 12.4 Å². The fraction of sp³-hybridized carbons (Fsp3) is 0.909. The molecule has 2 atom stereocenters. The smallest absolute Gasteiger partial charge is 0.224 e. The predicted molar refractivity (Wildman–Crippen MR) is 66.9 cm³/mol. The maximum Gasteiger partial charge on any atom is 0.224 e. The second-order valence-electron chi connectivity index (χ2n) is 4.19. The summed E-state index contributed by atoms with van der Waals surface area (Å²) >= 11 is 0. The summed E-state index contributed by atoms with van der Waals surface area (Å²) in [5.41, 5.74) is 0. The first-order valence-corrected chi connectivity index (χ1v) is 5.78. The third-order valence-corrected chi connectivity index (χ3v) is 2.74. The predicted octanol–water partition coefficient (Wildman–Crippen LogP) is 0.949. The normalized spacial score (nSPS) is 22.0. The van der Waals surface area contributed by atoms with Gasteiger partial charge >= 0.3 is 0 Å². The average molecular weight is 251 g/mol. The van der Waals surface area contributed by atoms with Crippen LogP contribution >= 0.6 is 12.4 Å². The molecule has 2 unspecified atom stereocenters. The van der Waals surface area contributed by atoms with Crippen LogP contribution in [-0.4, -0.2) is 38.8 Å². The molecule has 1 rings (SSSR count). The van der Waals surface area contributed by atoms with Crippen molar-refractivity contribution in [3.8, 4) is 0 Å². The number of amides is 1. The van der Waals surface area contributed by atoms with Crippen LogP contribution in [0.5, 0.6) is 0 Å². The molecule has 16 heavy (non-hydrogen) atoms.